The third kappa shape index (κ3) is 3.72. The lowest BCUT2D eigenvalue weighted by atomic mass is 9.91. The van der Waals surface area contributed by atoms with Crippen molar-refractivity contribution >= 4 is 34.7 Å². The molecule has 2 heterocycles. The fraction of sp³-hybridized carbons (Fsp3) is 0.286. The summed E-state index contributed by atoms with van der Waals surface area (Å²) in [4.78, 5) is 17.4. The minimum Gasteiger partial charge on any atom is -0.351 e. The highest BCUT2D eigenvalue weighted by molar-refractivity contribution is 7.10. The van der Waals surface area contributed by atoms with Crippen molar-refractivity contribution in [3.8, 4) is 0 Å². The van der Waals surface area contributed by atoms with Crippen molar-refractivity contribution in [2.24, 2.45) is 5.84 Å². The first-order valence-corrected chi connectivity index (χ1v) is 7.64. The number of thiophene rings is 1. The molecule has 0 atom stereocenters. The number of rotatable bonds is 5. The summed E-state index contributed by atoms with van der Waals surface area (Å²) < 4.78 is 0. The van der Waals surface area contributed by atoms with Crippen molar-refractivity contribution in [1.82, 2.24) is 10.3 Å². The molecule has 2 rings (SSSR count). The van der Waals surface area contributed by atoms with Gasteiger partial charge in [0.05, 0.1) is 10.6 Å². The Morgan fingerprint density at radius 3 is 2.86 bits per heavy atom. The second-order valence-electron chi connectivity index (χ2n) is 5.24. The molecule has 0 saturated carbocycles. The Labute approximate surface area is 132 Å². The van der Waals surface area contributed by atoms with Gasteiger partial charge in [0.25, 0.3) is 5.91 Å². The van der Waals surface area contributed by atoms with Gasteiger partial charge < -0.3 is 10.7 Å². The molecule has 112 valence electrons. The van der Waals surface area contributed by atoms with Crippen molar-refractivity contribution in [3.05, 3.63) is 45.2 Å². The molecular weight excluding hydrogens is 308 g/mol. The third-order valence-corrected chi connectivity index (χ3v) is 4.64. The van der Waals surface area contributed by atoms with E-state index < -0.39 is 0 Å². The van der Waals surface area contributed by atoms with Gasteiger partial charge in [-0.3, -0.25) is 4.79 Å². The van der Waals surface area contributed by atoms with Gasteiger partial charge in [-0.05, 0) is 17.5 Å². The predicted molar refractivity (Wildman–Crippen MR) is 86.7 cm³/mol. The van der Waals surface area contributed by atoms with Crippen LogP contribution in [0.3, 0.4) is 0 Å². The lowest BCUT2D eigenvalue weighted by Crippen LogP contribution is -2.36. The van der Waals surface area contributed by atoms with Gasteiger partial charge in [0.15, 0.2) is 5.82 Å². The molecule has 1 amide bonds. The van der Waals surface area contributed by atoms with Crippen LogP contribution in [0.2, 0.25) is 5.02 Å². The summed E-state index contributed by atoms with van der Waals surface area (Å²) in [6, 6.07) is 5.61. The van der Waals surface area contributed by atoms with Crippen LogP contribution in [-0.4, -0.2) is 17.4 Å². The molecule has 21 heavy (non-hydrogen) atoms. The number of carbonyl (C=O) groups excluding carboxylic acids is 1. The maximum Gasteiger partial charge on any atom is 0.252 e. The largest absolute Gasteiger partial charge is 0.351 e. The van der Waals surface area contributed by atoms with Gasteiger partial charge in [-0.15, -0.1) is 11.3 Å². The molecule has 2 aromatic heterocycles. The topological polar surface area (TPSA) is 80.0 Å². The number of hydrogen-bond donors (Lipinski definition) is 3. The number of halogens is 1. The molecule has 7 heteroatoms. The quantitative estimate of drug-likeness (QED) is 0.583. The number of nitrogens with two attached hydrogens (primary N) is 1. The number of nitrogens with zero attached hydrogens (tertiary/aromatic N) is 1. The van der Waals surface area contributed by atoms with E-state index in [1.54, 1.807) is 11.3 Å². The summed E-state index contributed by atoms with van der Waals surface area (Å²) in [7, 11) is 0. The standard InChI is InChI=1S/C14H17ClN4OS/c1-14(2,11-4-3-5-21-11)8-18-13(20)9-6-10(15)12(19-16)17-7-9/h3-7H,8,16H2,1-2H3,(H,17,19)(H,18,20). The lowest BCUT2D eigenvalue weighted by molar-refractivity contribution is 0.0945. The fourth-order valence-corrected chi connectivity index (χ4v) is 2.90. The summed E-state index contributed by atoms with van der Waals surface area (Å²) in [5.41, 5.74) is 2.64. The van der Waals surface area contributed by atoms with Gasteiger partial charge in [0, 0.05) is 23.0 Å². The van der Waals surface area contributed by atoms with Gasteiger partial charge in [-0.2, -0.15) is 0 Å². The Balaban J connectivity index is 2.03. The molecule has 0 bridgehead atoms. The second-order valence-corrected chi connectivity index (χ2v) is 6.60. The van der Waals surface area contributed by atoms with Crippen LogP contribution >= 0.6 is 22.9 Å². The lowest BCUT2D eigenvalue weighted by Gasteiger charge is -2.23. The van der Waals surface area contributed by atoms with E-state index in [9.17, 15) is 4.79 Å². The van der Waals surface area contributed by atoms with Crippen LogP contribution in [0.1, 0.15) is 29.1 Å². The molecule has 0 radical (unpaired) electrons. The Hall–Kier alpha value is -1.63. The molecule has 2 aromatic rings. The molecule has 0 fully saturated rings. The third-order valence-electron chi connectivity index (χ3n) is 3.12. The summed E-state index contributed by atoms with van der Waals surface area (Å²) >= 11 is 7.64. The predicted octanol–water partition coefficient (Wildman–Crippen LogP) is 2.79. The second kappa shape index (κ2) is 6.43. The van der Waals surface area contributed by atoms with E-state index in [4.69, 9.17) is 17.4 Å². The Morgan fingerprint density at radius 2 is 2.29 bits per heavy atom. The first kappa shape index (κ1) is 15.8. The Morgan fingerprint density at radius 1 is 1.52 bits per heavy atom. The van der Waals surface area contributed by atoms with Gasteiger partial charge >= 0.3 is 0 Å². The fourth-order valence-electron chi connectivity index (χ4n) is 1.82. The van der Waals surface area contributed by atoms with E-state index in [2.05, 4.69) is 35.6 Å². The van der Waals surface area contributed by atoms with Crippen LogP contribution in [0.4, 0.5) is 5.82 Å². The number of pyridine rings is 1. The van der Waals surface area contributed by atoms with E-state index in [1.165, 1.54) is 17.1 Å². The molecule has 0 aliphatic carbocycles. The molecule has 0 aliphatic rings. The van der Waals surface area contributed by atoms with E-state index in [1.807, 2.05) is 11.4 Å². The number of nitrogen functional groups attached to an aromatic ring is 1. The van der Waals surface area contributed by atoms with Gasteiger partial charge in [-0.1, -0.05) is 31.5 Å². The molecule has 5 nitrogen and oxygen atoms in total. The molecular formula is C14H17ClN4OS. The molecule has 0 unspecified atom stereocenters. The van der Waals surface area contributed by atoms with E-state index >= 15 is 0 Å². The van der Waals surface area contributed by atoms with Gasteiger partial charge in [-0.25, -0.2) is 10.8 Å². The van der Waals surface area contributed by atoms with Crippen LogP contribution in [0, 0.1) is 0 Å². The maximum absolute atomic E-state index is 12.2. The number of anilines is 1. The van der Waals surface area contributed by atoms with Crippen molar-refractivity contribution in [1.29, 1.82) is 0 Å². The van der Waals surface area contributed by atoms with E-state index in [0.29, 0.717) is 22.9 Å². The first-order valence-electron chi connectivity index (χ1n) is 6.38. The highest BCUT2D eigenvalue weighted by atomic mass is 35.5. The van der Waals surface area contributed by atoms with Crippen LogP contribution in [-0.2, 0) is 5.41 Å². The first-order chi connectivity index (χ1) is 9.94. The SMILES string of the molecule is CC(C)(CNC(=O)c1cnc(NN)c(Cl)c1)c1cccs1. The van der Waals surface area contributed by atoms with Gasteiger partial charge in [0.1, 0.15) is 0 Å². The van der Waals surface area contributed by atoms with E-state index in [0.717, 1.165) is 0 Å². The highest BCUT2D eigenvalue weighted by Gasteiger charge is 2.23. The highest BCUT2D eigenvalue weighted by Crippen LogP contribution is 2.26. The number of nitrogens with one attached hydrogen (secondary N) is 2. The van der Waals surface area contributed by atoms with Crippen LogP contribution in [0.15, 0.2) is 29.8 Å². The summed E-state index contributed by atoms with van der Waals surface area (Å²) in [6.45, 7) is 4.71. The molecule has 0 spiro atoms. The number of hydrogen-bond acceptors (Lipinski definition) is 5. The zero-order chi connectivity index (χ0) is 15.5. The molecule has 0 aliphatic heterocycles. The molecule has 0 aromatic carbocycles. The van der Waals surface area contributed by atoms with Gasteiger partial charge in [0.2, 0.25) is 0 Å². The molecule has 0 saturated heterocycles. The minimum absolute atomic E-state index is 0.125. The minimum atomic E-state index is -0.211. The smallest absolute Gasteiger partial charge is 0.252 e. The number of hydrazine groups is 1. The zero-order valence-corrected chi connectivity index (χ0v) is 13.4. The summed E-state index contributed by atoms with van der Waals surface area (Å²) in [5, 5.41) is 5.25. The van der Waals surface area contributed by atoms with Crippen molar-refractivity contribution in [2.45, 2.75) is 19.3 Å². The number of aromatic nitrogens is 1. The Kier molecular flexibility index (Phi) is 4.82. The van der Waals surface area contributed by atoms with E-state index in [-0.39, 0.29) is 11.3 Å². The van der Waals surface area contributed by atoms with Crippen LogP contribution in [0.5, 0.6) is 0 Å². The number of carbonyl (C=O) groups is 1. The average Bonchev–Trinajstić information content (AvgIpc) is 2.99. The van der Waals surface area contributed by atoms with Crippen LogP contribution in [0.25, 0.3) is 0 Å². The van der Waals surface area contributed by atoms with Crippen LogP contribution < -0.4 is 16.6 Å². The molecule has 4 N–H and O–H groups in total. The van der Waals surface area contributed by atoms with Crippen molar-refractivity contribution < 1.29 is 4.79 Å². The average molecular weight is 325 g/mol. The Bertz CT molecular complexity index is 628. The maximum atomic E-state index is 12.2. The van der Waals surface area contributed by atoms with Crippen molar-refractivity contribution in [3.63, 3.8) is 0 Å². The summed E-state index contributed by atoms with van der Waals surface area (Å²) in [6.07, 6.45) is 1.44. The normalized spacial score (nSPS) is 11.2. The monoisotopic (exact) mass is 324 g/mol. The summed E-state index contributed by atoms with van der Waals surface area (Å²) in [5.74, 6) is 5.38. The zero-order valence-electron chi connectivity index (χ0n) is 11.8. The number of amides is 1. The van der Waals surface area contributed by atoms with Crippen molar-refractivity contribution in [2.75, 3.05) is 12.0 Å².